The van der Waals surface area contributed by atoms with Crippen LogP contribution in [0, 0.1) is 6.92 Å². The highest BCUT2D eigenvalue weighted by Crippen LogP contribution is 2.33. The highest BCUT2D eigenvalue weighted by molar-refractivity contribution is 6.03. The van der Waals surface area contributed by atoms with E-state index < -0.39 is 0 Å². The van der Waals surface area contributed by atoms with Crippen molar-refractivity contribution in [2.75, 3.05) is 11.9 Å². The molecule has 2 aliphatic rings. The number of rotatable bonds is 7. The van der Waals surface area contributed by atoms with E-state index >= 15 is 0 Å². The van der Waals surface area contributed by atoms with Gasteiger partial charge in [0, 0.05) is 18.2 Å². The monoisotopic (exact) mass is 442 g/mol. The second-order valence-electron chi connectivity index (χ2n) is 8.53. The number of amides is 2. The van der Waals surface area contributed by atoms with Crippen LogP contribution in [0.4, 0.5) is 5.69 Å². The lowest BCUT2D eigenvalue weighted by molar-refractivity contribution is -0.131. The number of para-hydroxylation sites is 1. The van der Waals surface area contributed by atoms with Crippen molar-refractivity contribution in [3.63, 3.8) is 0 Å². The summed E-state index contributed by atoms with van der Waals surface area (Å²) in [6.45, 7) is 2.05. The van der Waals surface area contributed by atoms with Gasteiger partial charge >= 0.3 is 0 Å². The Kier molecular flexibility index (Phi) is 5.69. The van der Waals surface area contributed by atoms with Gasteiger partial charge in [0.25, 0.3) is 11.8 Å². The van der Waals surface area contributed by atoms with Crippen LogP contribution in [-0.2, 0) is 4.79 Å². The average Bonchev–Trinajstić information content (AvgIpc) is 3.29. The van der Waals surface area contributed by atoms with E-state index in [1.807, 2.05) is 61.5 Å². The van der Waals surface area contributed by atoms with E-state index in [2.05, 4.69) is 15.7 Å². The fourth-order valence-corrected chi connectivity index (χ4v) is 3.94. The summed E-state index contributed by atoms with van der Waals surface area (Å²) in [4.78, 5) is 25.8. The molecule has 7 nitrogen and oxygen atoms in total. The van der Waals surface area contributed by atoms with Gasteiger partial charge in [-0.15, -0.1) is 0 Å². The molecular formula is C26H26N4O3. The van der Waals surface area contributed by atoms with E-state index in [9.17, 15) is 9.59 Å². The zero-order chi connectivity index (χ0) is 22.8. The minimum atomic E-state index is -0.306. The number of furan rings is 1. The van der Waals surface area contributed by atoms with Gasteiger partial charge in [-0.3, -0.25) is 9.59 Å². The molecule has 3 aromatic rings. The minimum absolute atomic E-state index is 0.00953. The first-order valence-corrected chi connectivity index (χ1v) is 11.2. The van der Waals surface area contributed by atoms with Crippen molar-refractivity contribution in [2.24, 2.45) is 5.10 Å². The van der Waals surface area contributed by atoms with Crippen molar-refractivity contribution in [1.29, 1.82) is 0 Å². The molecule has 2 N–H and O–H groups in total. The van der Waals surface area contributed by atoms with Crippen LogP contribution >= 0.6 is 0 Å². The zero-order valence-electron chi connectivity index (χ0n) is 18.5. The number of nitrogens with zero attached hydrogens (tertiary/aromatic N) is 2. The van der Waals surface area contributed by atoms with Gasteiger partial charge in [0.15, 0.2) is 0 Å². The van der Waals surface area contributed by atoms with Gasteiger partial charge in [-0.25, -0.2) is 5.01 Å². The highest BCUT2D eigenvalue weighted by Gasteiger charge is 2.34. The number of carbonyl (C=O) groups is 2. The van der Waals surface area contributed by atoms with Crippen LogP contribution in [0.25, 0.3) is 0 Å². The largest absolute Gasteiger partial charge is 0.467 e. The lowest BCUT2D eigenvalue weighted by Gasteiger charge is -2.20. The van der Waals surface area contributed by atoms with E-state index in [0.29, 0.717) is 23.4 Å². The molecule has 2 amide bonds. The van der Waals surface area contributed by atoms with Crippen LogP contribution in [0.1, 0.15) is 52.5 Å². The summed E-state index contributed by atoms with van der Waals surface area (Å²) in [7, 11) is 0. The predicted octanol–water partition coefficient (Wildman–Crippen LogP) is 4.27. The molecule has 1 atom stereocenters. The smallest absolute Gasteiger partial charge is 0.262 e. The molecule has 0 radical (unpaired) electrons. The molecule has 1 fully saturated rings. The van der Waals surface area contributed by atoms with E-state index in [0.717, 1.165) is 24.1 Å². The molecule has 5 rings (SSSR count). The van der Waals surface area contributed by atoms with Gasteiger partial charge in [-0.05, 0) is 49.6 Å². The van der Waals surface area contributed by atoms with Gasteiger partial charge in [-0.1, -0.05) is 42.0 Å². The van der Waals surface area contributed by atoms with E-state index in [1.165, 1.54) is 10.6 Å². The quantitative estimate of drug-likeness (QED) is 0.572. The molecule has 1 aromatic heterocycles. The summed E-state index contributed by atoms with van der Waals surface area (Å²) in [5.74, 6) is 0.372. The summed E-state index contributed by atoms with van der Waals surface area (Å²) < 4.78 is 5.62. The Labute approximate surface area is 192 Å². The Morgan fingerprint density at radius 3 is 2.58 bits per heavy atom. The second kappa shape index (κ2) is 8.94. The summed E-state index contributed by atoms with van der Waals surface area (Å²) >= 11 is 0. The summed E-state index contributed by atoms with van der Waals surface area (Å²) in [5.41, 5.74) is 4.16. The third-order valence-electron chi connectivity index (χ3n) is 5.94. The molecule has 0 spiro atoms. The molecule has 1 unspecified atom stereocenters. The standard InChI is InChI=1S/C26H26N4O3/c1-17-8-10-18(11-9-17)22-15-23(24-7-4-14-33-24)30(29-22)25(31)16-27-21-6-3-2-5-20(21)26(32)28-19-12-13-19/h2-11,14,19,23,27H,12-13,15-16H2,1H3,(H,28,32). The first-order valence-electron chi connectivity index (χ1n) is 11.2. The first kappa shape index (κ1) is 21.0. The predicted molar refractivity (Wildman–Crippen MR) is 126 cm³/mol. The number of aryl methyl sites for hydroxylation is 1. The highest BCUT2D eigenvalue weighted by atomic mass is 16.3. The van der Waals surface area contributed by atoms with Crippen LogP contribution in [0.3, 0.4) is 0 Å². The molecule has 168 valence electrons. The van der Waals surface area contributed by atoms with Crippen LogP contribution < -0.4 is 10.6 Å². The van der Waals surface area contributed by atoms with E-state index in [-0.39, 0.29) is 30.4 Å². The molecule has 1 saturated carbocycles. The van der Waals surface area contributed by atoms with Crippen LogP contribution in [-0.4, -0.2) is 35.1 Å². The van der Waals surface area contributed by atoms with E-state index in [4.69, 9.17) is 4.42 Å². The zero-order valence-corrected chi connectivity index (χ0v) is 18.5. The van der Waals surface area contributed by atoms with Crippen LogP contribution in [0.2, 0.25) is 0 Å². The Morgan fingerprint density at radius 2 is 1.85 bits per heavy atom. The molecule has 0 saturated heterocycles. The Hall–Kier alpha value is -3.87. The van der Waals surface area contributed by atoms with Gasteiger partial charge < -0.3 is 15.1 Å². The Balaban J connectivity index is 1.34. The van der Waals surface area contributed by atoms with Gasteiger partial charge in [-0.2, -0.15) is 5.10 Å². The lowest BCUT2D eigenvalue weighted by Crippen LogP contribution is -2.33. The average molecular weight is 443 g/mol. The third kappa shape index (κ3) is 4.67. The molecule has 2 aromatic carbocycles. The fraction of sp³-hybridized carbons (Fsp3) is 0.269. The van der Waals surface area contributed by atoms with Crippen molar-refractivity contribution >= 4 is 23.2 Å². The number of hydrogen-bond acceptors (Lipinski definition) is 5. The fourth-order valence-electron chi connectivity index (χ4n) is 3.94. The van der Waals surface area contributed by atoms with Crippen molar-refractivity contribution in [1.82, 2.24) is 10.3 Å². The SMILES string of the molecule is Cc1ccc(C2=NN(C(=O)CNc3ccccc3C(=O)NC3CC3)C(c3ccco3)C2)cc1. The second-order valence-corrected chi connectivity index (χ2v) is 8.53. The van der Waals surface area contributed by atoms with Crippen molar-refractivity contribution in [3.05, 3.63) is 89.4 Å². The molecule has 1 aliphatic heterocycles. The number of anilines is 1. The first-order chi connectivity index (χ1) is 16.1. The van der Waals surface area contributed by atoms with E-state index in [1.54, 1.807) is 12.3 Å². The number of nitrogens with one attached hydrogen (secondary N) is 2. The van der Waals surface area contributed by atoms with Crippen LogP contribution in [0.5, 0.6) is 0 Å². The maximum absolute atomic E-state index is 13.2. The lowest BCUT2D eigenvalue weighted by atomic mass is 10.0. The van der Waals surface area contributed by atoms with Gasteiger partial charge in [0.1, 0.15) is 11.8 Å². The number of benzene rings is 2. The number of hydrogen-bond donors (Lipinski definition) is 2. The maximum Gasteiger partial charge on any atom is 0.262 e. The van der Waals surface area contributed by atoms with Gasteiger partial charge in [0.05, 0.1) is 24.1 Å². The van der Waals surface area contributed by atoms with Gasteiger partial charge in [0.2, 0.25) is 0 Å². The molecule has 33 heavy (non-hydrogen) atoms. The molecule has 7 heteroatoms. The summed E-state index contributed by atoms with van der Waals surface area (Å²) in [6, 6.07) is 19.0. The van der Waals surface area contributed by atoms with Crippen LogP contribution in [0.15, 0.2) is 76.4 Å². The topological polar surface area (TPSA) is 86.9 Å². The number of hydrazone groups is 1. The molecule has 0 bridgehead atoms. The summed E-state index contributed by atoms with van der Waals surface area (Å²) in [6.07, 6.45) is 4.21. The maximum atomic E-state index is 13.2. The number of carbonyl (C=O) groups excluding carboxylic acids is 2. The van der Waals surface area contributed by atoms with Crippen molar-refractivity contribution in [3.8, 4) is 0 Å². The molecule has 2 heterocycles. The molecule has 1 aliphatic carbocycles. The normalized spacial score (nSPS) is 17.5. The minimum Gasteiger partial charge on any atom is -0.467 e. The summed E-state index contributed by atoms with van der Waals surface area (Å²) in [5, 5.41) is 12.3. The Morgan fingerprint density at radius 1 is 1.06 bits per heavy atom. The van der Waals surface area contributed by atoms with Crippen molar-refractivity contribution in [2.45, 2.75) is 38.3 Å². The molecular weight excluding hydrogens is 416 g/mol. The Bertz CT molecular complexity index is 1180. The third-order valence-corrected chi connectivity index (χ3v) is 5.94. The van der Waals surface area contributed by atoms with Crippen molar-refractivity contribution < 1.29 is 14.0 Å².